The van der Waals surface area contributed by atoms with Crippen molar-refractivity contribution in [3.63, 3.8) is 0 Å². The van der Waals surface area contributed by atoms with Crippen LogP contribution in [0.3, 0.4) is 0 Å². The molecule has 0 saturated heterocycles. The second-order valence-corrected chi connectivity index (χ2v) is 10.0. The first-order chi connectivity index (χ1) is 18.1. The molecule has 0 unspecified atom stereocenters. The number of aryl methyl sites for hydroxylation is 2. The molecule has 3 aromatic heterocycles. The number of carbonyl (C=O) groups excluding carboxylic acids is 1. The maximum Gasteiger partial charge on any atom is 0.270 e. The van der Waals surface area contributed by atoms with E-state index < -0.39 is 0 Å². The zero-order valence-electron chi connectivity index (χ0n) is 22.5. The van der Waals surface area contributed by atoms with Crippen molar-refractivity contribution in [2.24, 2.45) is 7.05 Å². The standard InChI is InChI=1S/C30H31FN6O/c1-17(2)21-7-9-22(10-8-21)18(3)32-30(38)27-15-26(29-19(4)34-36(6)20(29)5)33-28-16-25(35-37(27)28)23-11-13-24(31)14-12-23/h7-18H,1-6H3,(H,32,38)/t18-/m0/s1. The third-order valence-corrected chi connectivity index (χ3v) is 7.02. The normalized spacial score (nSPS) is 12.3. The number of carbonyl (C=O) groups is 1. The number of halogens is 1. The Kier molecular flexibility index (Phi) is 6.57. The van der Waals surface area contributed by atoms with Gasteiger partial charge in [-0.1, -0.05) is 38.1 Å². The van der Waals surface area contributed by atoms with Crippen LogP contribution in [0.15, 0.2) is 60.7 Å². The minimum Gasteiger partial charge on any atom is -0.344 e. The van der Waals surface area contributed by atoms with Gasteiger partial charge in [-0.05, 0) is 68.1 Å². The summed E-state index contributed by atoms with van der Waals surface area (Å²) in [5, 5.41) is 12.3. The molecule has 0 spiro atoms. The number of hydrogen-bond donors (Lipinski definition) is 1. The quantitative estimate of drug-likeness (QED) is 0.296. The summed E-state index contributed by atoms with van der Waals surface area (Å²) >= 11 is 0. The van der Waals surface area contributed by atoms with Crippen LogP contribution >= 0.6 is 0 Å². The number of hydrogen-bond acceptors (Lipinski definition) is 4. The Balaban J connectivity index is 1.58. The highest BCUT2D eigenvalue weighted by Crippen LogP contribution is 2.28. The fourth-order valence-electron chi connectivity index (χ4n) is 4.69. The lowest BCUT2D eigenvalue weighted by molar-refractivity contribution is 0.0932. The molecule has 2 aromatic carbocycles. The molecule has 0 aliphatic heterocycles. The van der Waals surface area contributed by atoms with Crippen LogP contribution in [0.25, 0.3) is 28.2 Å². The monoisotopic (exact) mass is 510 g/mol. The average Bonchev–Trinajstić information content (AvgIpc) is 3.43. The zero-order valence-corrected chi connectivity index (χ0v) is 22.5. The van der Waals surface area contributed by atoms with Crippen LogP contribution in [0.2, 0.25) is 0 Å². The van der Waals surface area contributed by atoms with E-state index in [0.717, 1.165) is 28.1 Å². The molecule has 8 heteroatoms. The second kappa shape index (κ2) is 9.85. The number of nitrogens with one attached hydrogen (secondary N) is 1. The van der Waals surface area contributed by atoms with Gasteiger partial charge in [-0.15, -0.1) is 0 Å². The van der Waals surface area contributed by atoms with Gasteiger partial charge in [0, 0.05) is 29.9 Å². The van der Waals surface area contributed by atoms with E-state index in [1.54, 1.807) is 27.4 Å². The van der Waals surface area contributed by atoms with E-state index in [0.29, 0.717) is 28.6 Å². The van der Waals surface area contributed by atoms with E-state index in [1.165, 1.54) is 17.7 Å². The SMILES string of the molecule is Cc1nn(C)c(C)c1-c1cc(C(=O)N[C@@H](C)c2ccc(C(C)C)cc2)n2nc(-c3ccc(F)cc3)cc2n1. The minimum atomic E-state index is -0.323. The van der Waals surface area contributed by atoms with Crippen LogP contribution in [-0.4, -0.2) is 30.3 Å². The Morgan fingerprint density at radius 1 is 0.895 bits per heavy atom. The van der Waals surface area contributed by atoms with Crippen LogP contribution in [0.5, 0.6) is 0 Å². The molecule has 0 aliphatic carbocycles. The van der Waals surface area contributed by atoms with Gasteiger partial charge in [0.25, 0.3) is 5.91 Å². The minimum absolute atomic E-state index is 0.218. The summed E-state index contributed by atoms with van der Waals surface area (Å²) in [6.45, 7) is 10.2. The second-order valence-electron chi connectivity index (χ2n) is 10.0. The summed E-state index contributed by atoms with van der Waals surface area (Å²) in [6, 6.07) is 17.8. The van der Waals surface area contributed by atoms with E-state index in [1.807, 2.05) is 33.9 Å². The summed E-state index contributed by atoms with van der Waals surface area (Å²) < 4.78 is 16.9. The van der Waals surface area contributed by atoms with Crippen LogP contribution in [0.1, 0.15) is 65.7 Å². The van der Waals surface area contributed by atoms with Crippen molar-refractivity contribution in [2.75, 3.05) is 0 Å². The van der Waals surface area contributed by atoms with Crippen LogP contribution in [0.4, 0.5) is 4.39 Å². The maximum absolute atomic E-state index is 13.7. The summed E-state index contributed by atoms with van der Waals surface area (Å²) in [4.78, 5) is 18.5. The highest BCUT2D eigenvalue weighted by Gasteiger charge is 2.22. The van der Waals surface area contributed by atoms with Gasteiger partial charge in [0.15, 0.2) is 5.65 Å². The fraction of sp³-hybridized carbons (Fsp3) is 0.267. The molecule has 194 valence electrons. The van der Waals surface area contributed by atoms with Gasteiger partial charge >= 0.3 is 0 Å². The van der Waals surface area contributed by atoms with Crippen molar-refractivity contribution in [2.45, 2.75) is 46.6 Å². The van der Waals surface area contributed by atoms with Gasteiger partial charge < -0.3 is 5.32 Å². The maximum atomic E-state index is 13.7. The molecule has 3 heterocycles. The Labute approximate surface area is 221 Å². The summed E-state index contributed by atoms with van der Waals surface area (Å²) in [7, 11) is 1.88. The Bertz CT molecular complexity index is 1630. The molecule has 1 N–H and O–H groups in total. The van der Waals surface area contributed by atoms with Crippen LogP contribution < -0.4 is 5.32 Å². The van der Waals surface area contributed by atoms with E-state index in [-0.39, 0.29) is 17.8 Å². The fourth-order valence-corrected chi connectivity index (χ4v) is 4.69. The van der Waals surface area contributed by atoms with Crippen LogP contribution in [-0.2, 0) is 7.05 Å². The van der Waals surface area contributed by atoms with Gasteiger partial charge in [0.1, 0.15) is 11.5 Å². The predicted octanol–water partition coefficient (Wildman–Crippen LogP) is 6.17. The molecule has 5 rings (SSSR count). The van der Waals surface area contributed by atoms with Crippen molar-refractivity contribution in [3.05, 3.63) is 94.7 Å². The van der Waals surface area contributed by atoms with E-state index >= 15 is 0 Å². The highest BCUT2D eigenvalue weighted by atomic mass is 19.1. The molecule has 0 saturated carbocycles. The molecule has 0 bridgehead atoms. The van der Waals surface area contributed by atoms with Gasteiger partial charge in [0.2, 0.25) is 0 Å². The number of benzene rings is 2. The molecule has 5 aromatic rings. The zero-order chi connectivity index (χ0) is 27.1. The highest BCUT2D eigenvalue weighted by molar-refractivity contribution is 5.95. The molecule has 0 aliphatic rings. The first-order valence-corrected chi connectivity index (χ1v) is 12.7. The number of rotatable bonds is 6. The molecule has 0 radical (unpaired) electrons. The van der Waals surface area contributed by atoms with Gasteiger partial charge in [-0.2, -0.15) is 10.2 Å². The lowest BCUT2D eigenvalue weighted by atomic mass is 9.99. The van der Waals surface area contributed by atoms with Crippen molar-refractivity contribution < 1.29 is 9.18 Å². The Hall–Kier alpha value is -4.33. The first-order valence-electron chi connectivity index (χ1n) is 12.7. The van der Waals surface area contributed by atoms with E-state index in [4.69, 9.17) is 4.98 Å². The lowest BCUT2D eigenvalue weighted by Crippen LogP contribution is -2.29. The molecule has 0 fully saturated rings. The van der Waals surface area contributed by atoms with Crippen molar-refractivity contribution >= 4 is 11.6 Å². The van der Waals surface area contributed by atoms with E-state index in [9.17, 15) is 9.18 Å². The van der Waals surface area contributed by atoms with Crippen molar-refractivity contribution in [3.8, 4) is 22.5 Å². The number of nitrogens with zero attached hydrogens (tertiary/aromatic N) is 5. The van der Waals surface area contributed by atoms with Crippen molar-refractivity contribution in [1.82, 2.24) is 29.7 Å². The molecular weight excluding hydrogens is 479 g/mol. The predicted molar refractivity (Wildman–Crippen MR) is 146 cm³/mol. The molecule has 1 amide bonds. The molecule has 38 heavy (non-hydrogen) atoms. The number of aromatic nitrogens is 5. The molecule has 1 atom stereocenters. The third kappa shape index (κ3) is 4.69. The topological polar surface area (TPSA) is 77.1 Å². The third-order valence-electron chi connectivity index (χ3n) is 7.02. The van der Waals surface area contributed by atoms with Gasteiger partial charge in [-0.3, -0.25) is 9.48 Å². The Morgan fingerprint density at radius 2 is 1.55 bits per heavy atom. The van der Waals surface area contributed by atoms with Gasteiger partial charge in [-0.25, -0.2) is 13.9 Å². The molecule has 7 nitrogen and oxygen atoms in total. The molecular formula is C30H31FN6O. The van der Waals surface area contributed by atoms with Crippen LogP contribution in [0, 0.1) is 19.7 Å². The summed E-state index contributed by atoms with van der Waals surface area (Å²) in [6.07, 6.45) is 0. The van der Waals surface area contributed by atoms with E-state index in [2.05, 4.69) is 53.6 Å². The summed E-state index contributed by atoms with van der Waals surface area (Å²) in [5.74, 6) is -0.157. The summed E-state index contributed by atoms with van der Waals surface area (Å²) in [5.41, 5.74) is 7.76. The number of fused-ring (bicyclic) bond motifs is 1. The smallest absolute Gasteiger partial charge is 0.270 e. The largest absolute Gasteiger partial charge is 0.344 e. The number of amides is 1. The van der Waals surface area contributed by atoms with Crippen molar-refractivity contribution in [1.29, 1.82) is 0 Å². The average molecular weight is 511 g/mol. The first kappa shape index (κ1) is 25.3. The lowest BCUT2D eigenvalue weighted by Gasteiger charge is -2.16. The Morgan fingerprint density at radius 3 is 2.16 bits per heavy atom. The van der Waals surface area contributed by atoms with Gasteiger partial charge in [0.05, 0.1) is 23.1 Å².